The van der Waals surface area contributed by atoms with Gasteiger partial charge in [0.2, 0.25) is 5.91 Å². The van der Waals surface area contributed by atoms with Crippen molar-refractivity contribution in [2.45, 2.75) is 33.6 Å². The van der Waals surface area contributed by atoms with Crippen LogP contribution in [0.5, 0.6) is 0 Å². The minimum atomic E-state index is -0.434. The van der Waals surface area contributed by atoms with E-state index >= 15 is 0 Å². The minimum absolute atomic E-state index is 0.0214. The van der Waals surface area contributed by atoms with Crippen molar-refractivity contribution in [3.8, 4) is 5.69 Å². The van der Waals surface area contributed by atoms with Gasteiger partial charge in [0.15, 0.2) is 0 Å². The summed E-state index contributed by atoms with van der Waals surface area (Å²) in [5.41, 5.74) is 3.02. The highest BCUT2D eigenvalue weighted by molar-refractivity contribution is 5.94. The lowest BCUT2D eigenvalue weighted by Crippen LogP contribution is -2.42. The zero-order chi connectivity index (χ0) is 24.9. The standard InChI is InChI=1S/C27H32FN5O2/c1-4-31(5-2)22-11-12-24(19(3)16-22)29-27(35)20-8-7-15-32(18-20)25-13-14-26(34)33(30-25)23-10-6-9-21(28)17-23/h6,9-14,16-17,20H,4-5,7-8,15,18H2,1-3H3,(H,29,35)/t20-/m0/s1. The molecule has 1 atom stereocenters. The number of hydrogen-bond donors (Lipinski definition) is 1. The maximum atomic E-state index is 13.7. The quantitative estimate of drug-likeness (QED) is 0.547. The number of piperidine rings is 1. The first-order chi connectivity index (χ1) is 16.9. The van der Waals surface area contributed by atoms with Crippen molar-refractivity contribution in [3.05, 3.63) is 76.3 Å². The van der Waals surface area contributed by atoms with Gasteiger partial charge in [-0.2, -0.15) is 4.68 Å². The van der Waals surface area contributed by atoms with Gasteiger partial charge in [-0.25, -0.2) is 4.39 Å². The van der Waals surface area contributed by atoms with Crippen LogP contribution in [0.25, 0.3) is 5.69 Å². The van der Waals surface area contributed by atoms with Crippen LogP contribution in [-0.4, -0.2) is 41.9 Å². The van der Waals surface area contributed by atoms with Crippen LogP contribution < -0.4 is 20.7 Å². The molecule has 0 bridgehead atoms. The van der Waals surface area contributed by atoms with E-state index in [0.717, 1.165) is 49.4 Å². The highest BCUT2D eigenvalue weighted by Crippen LogP contribution is 2.26. The Labute approximate surface area is 205 Å². The average Bonchev–Trinajstić information content (AvgIpc) is 2.86. The lowest BCUT2D eigenvalue weighted by Gasteiger charge is -2.33. The molecule has 0 saturated carbocycles. The predicted molar refractivity (Wildman–Crippen MR) is 138 cm³/mol. The summed E-state index contributed by atoms with van der Waals surface area (Å²) in [6, 6.07) is 15.0. The van der Waals surface area contributed by atoms with Gasteiger partial charge in [0.25, 0.3) is 5.56 Å². The van der Waals surface area contributed by atoms with Crippen molar-refractivity contribution in [1.82, 2.24) is 9.78 Å². The molecule has 2 aromatic carbocycles. The molecular formula is C27H32FN5O2. The average molecular weight is 478 g/mol. The Bertz CT molecular complexity index is 1250. The summed E-state index contributed by atoms with van der Waals surface area (Å²) in [5, 5.41) is 7.57. The molecule has 35 heavy (non-hydrogen) atoms. The van der Waals surface area contributed by atoms with Crippen molar-refractivity contribution in [2.75, 3.05) is 41.3 Å². The number of aryl methyl sites for hydroxylation is 1. The minimum Gasteiger partial charge on any atom is -0.372 e. The molecule has 1 aliphatic rings. The molecule has 2 heterocycles. The number of benzene rings is 2. The van der Waals surface area contributed by atoms with E-state index in [9.17, 15) is 14.0 Å². The maximum absolute atomic E-state index is 13.7. The van der Waals surface area contributed by atoms with E-state index in [1.54, 1.807) is 18.2 Å². The first-order valence-electron chi connectivity index (χ1n) is 12.2. The molecule has 1 saturated heterocycles. The normalized spacial score (nSPS) is 15.7. The van der Waals surface area contributed by atoms with E-state index in [4.69, 9.17) is 0 Å². The van der Waals surface area contributed by atoms with Crippen LogP contribution in [0.4, 0.5) is 21.6 Å². The van der Waals surface area contributed by atoms with Gasteiger partial charge >= 0.3 is 0 Å². The van der Waals surface area contributed by atoms with E-state index in [0.29, 0.717) is 18.1 Å². The molecule has 1 amide bonds. The fraction of sp³-hybridized carbons (Fsp3) is 0.370. The van der Waals surface area contributed by atoms with Gasteiger partial charge in [0, 0.05) is 43.6 Å². The summed E-state index contributed by atoms with van der Waals surface area (Å²) in [7, 11) is 0. The van der Waals surface area contributed by atoms with Crippen molar-refractivity contribution < 1.29 is 9.18 Å². The maximum Gasteiger partial charge on any atom is 0.271 e. The third kappa shape index (κ3) is 5.53. The fourth-order valence-electron chi connectivity index (χ4n) is 4.57. The Morgan fingerprint density at radius 2 is 1.94 bits per heavy atom. The molecule has 4 rings (SSSR count). The zero-order valence-corrected chi connectivity index (χ0v) is 20.5. The molecule has 0 aliphatic carbocycles. The van der Waals surface area contributed by atoms with Gasteiger partial charge in [-0.15, -0.1) is 5.10 Å². The highest BCUT2D eigenvalue weighted by atomic mass is 19.1. The second-order valence-electron chi connectivity index (χ2n) is 8.87. The SMILES string of the molecule is CCN(CC)c1ccc(NC(=O)[C@H]2CCCN(c3ccc(=O)n(-c4cccc(F)c4)n3)C2)c(C)c1. The Balaban J connectivity index is 1.48. The van der Waals surface area contributed by atoms with E-state index < -0.39 is 5.82 Å². The summed E-state index contributed by atoms with van der Waals surface area (Å²) in [4.78, 5) is 29.8. The van der Waals surface area contributed by atoms with E-state index in [1.165, 1.54) is 22.9 Å². The van der Waals surface area contributed by atoms with Gasteiger partial charge < -0.3 is 15.1 Å². The van der Waals surface area contributed by atoms with E-state index in [-0.39, 0.29) is 17.4 Å². The monoisotopic (exact) mass is 477 g/mol. The largest absolute Gasteiger partial charge is 0.372 e. The number of carbonyl (C=O) groups excluding carboxylic acids is 1. The summed E-state index contributed by atoms with van der Waals surface area (Å²) >= 11 is 0. The third-order valence-corrected chi connectivity index (χ3v) is 6.55. The summed E-state index contributed by atoms with van der Waals surface area (Å²) < 4.78 is 14.9. The van der Waals surface area contributed by atoms with Crippen LogP contribution in [-0.2, 0) is 4.79 Å². The summed E-state index contributed by atoms with van der Waals surface area (Å²) in [6.07, 6.45) is 1.61. The van der Waals surface area contributed by atoms with E-state index in [1.807, 2.05) is 24.0 Å². The molecule has 1 N–H and O–H groups in total. The van der Waals surface area contributed by atoms with Gasteiger partial charge in [-0.1, -0.05) is 6.07 Å². The smallest absolute Gasteiger partial charge is 0.271 e. The van der Waals surface area contributed by atoms with Gasteiger partial charge in [0.05, 0.1) is 11.6 Å². The number of nitrogens with one attached hydrogen (secondary N) is 1. The number of anilines is 3. The predicted octanol–water partition coefficient (Wildman–Crippen LogP) is 4.38. The number of nitrogens with zero attached hydrogens (tertiary/aromatic N) is 4. The number of aromatic nitrogens is 2. The van der Waals surface area contributed by atoms with Crippen molar-refractivity contribution in [3.63, 3.8) is 0 Å². The Hall–Kier alpha value is -3.68. The number of rotatable bonds is 7. The van der Waals surface area contributed by atoms with Gasteiger partial charge in [0.1, 0.15) is 11.6 Å². The molecular weight excluding hydrogens is 445 g/mol. The molecule has 0 spiro atoms. The molecule has 184 valence electrons. The lowest BCUT2D eigenvalue weighted by molar-refractivity contribution is -0.120. The second-order valence-corrected chi connectivity index (χ2v) is 8.87. The first-order valence-corrected chi connectivity index (χ1v) is 12.2. The number of amides is 1. The Morgan fingerprint density at radius 3 is 2.66 bits per heavy atom. The van der Waals surface area contributed by atoms with Crippen molar-refractivity contribution >= 4 is 23.1 Å². The van der Waals surface area contributed by atoms with Gasteiger partial charge in [-0.3, -0.25) is 9.59 Å². The molecule has 0 radical (unpaired) electrons. The summed E-state index contributed by atoms with van der Waals surface area (Å²) in [5.74, 6) is -0.0725. The van der Waals surface area contributed by atoms with Crippen LogP contribution in [0.2, 0.25) is 0 Å². The Morgan fingerprint density at radius 1 is 1.14 bits per heavy atom. The zero-order valence-electron chi connectivity index (χ0n) is 20.5. The van der Waals surface area contributed by atoms with Crippen LogP contribution >= 0.6 is 0 Å². The topological polar surface area (TPSA) is 70.5 Å². The number of carbonyl (C=O) groups is 1. The molecule has 1 aliphatic heterocycles. The number of hydrogen-bond acceptors (Lipinski definition) is 5. The molecule has 0 unspecified atom stereocenters. The second kappa shape index (κ2) is 10.7. The first kappa shape index (κ1) is 24.4. The van der Waals surface area contributed by atoms with Crippen molar-refractivity contribution in [1.29, 1.82) is 0 Å². The van der Waals surface area contributed by atoms with Crippen molar-refractivity contribution in [2.24, 2.45) is 5.92 Å². The third-order valence-electron chi connectivity index (χ3n) is 6.55. The van der Waals surface area contributed by atoms with Crippen LogP contribution in [0.3, 0.4) is 0 Å². The molecule has 8 heteroatoms. The number of halogens is 1. The molecule has 1 fully saturated rings. The van der Waals surface area contributed by atoms with Crippen LogP contribution in [0.1, 0.15) is 32.3 Å². The lowest BCUT2D eigenvalue weighted by atomic mass is 9.97. The molecule has 1 aromatic heterocycles. The van der Waals surface area contributed by atoms with Crippen LogP contribution in [0.15, 0.2) is 59.4 Å². The molecule has 3 aromatic rings. The highest BCUT2D eigenvalue weighted by Gasteiger charge is 2.27. The fourth-order valence-corrected chi connectivity index (χ4v) is 4.57. The van der Waals surface area contributed by atoms with E-state index in [2.05, 4.69) is 35.2 Å². The molecule has 7 nitrogen and oxygen atoms in total. The summed E-state index contributed by atoms with van der Waals surface area (Å²) in [6.45, 7) is 9.35. The Kier molecular flexibility index (Phi) is 7.48. The van der Waals surface area contributed by atoms with Crippen LogP contribution in [0, 0.1) is 18.7 Å². The van der Waals surface area contributed by atoms with Gasteiger partial charge in [-0.05, 0) is 81.6 Å².